The molecule has 0 saturated carbocycles. The molecule has 6 nitrogen and oxygen atoms in total. The van der Waals surface area contributed by atoms with Gasteiger partial charge < -0.3 is 23.9 Å². The Bertz CT molecular complexity index is 686. The summed E-state index contributed by atoms with van der Waals surface area (Å²) in [5.41, 5.74) is 2.20. The van der Waals surface area contributed by atoms with E-state index in [0.717, 1.165) is 17.5 Å². The van der Waals surface area contributed by atoms with Crippen LogP contribution in [0.25, 0.3) is 0 Å². The summed E-state index contributed by atoms with van der Waals surface area (Å²) >= 11 is 0. The molecule has 1 aromatic carbocycles. The maximum absolute atomic E-state index is 11.0. The van der Waals surface area contributed by atoms with Crippen LogP contribution in [0.4, 0.5) is 0 Å². The van der Waals surface area contributed by atoms with E-state index in [0.29, 0.717) is 24.4 Å². The van der Waals surface area contributed by atoms with Crippen molar-refractivity contribution in [3.63, 3.8) is 0 Å². The van der Waals surface area contributed by atoms with Gasteiger partial charge in [-0.25, -0.2) is 0 Å². The first kappa shape index (κ1) is 21.9. The number of hydrogen-bond acceptors (Lipinski definition) is 5. The van der Waals surface area contributed by atoms with Crippen molar-refractivity contribution in [3.05, 3.63) is 23.3 Å². The molecule has 1 atom stereocenters. The fraction of sp³-hybridized carbons (Fsp3) is 0.632. The lowest BCUT2D eigenvalue weighted by Crippen LogP contribution is -2.41. The summed E-state index contributed by atoms with van der Waals surface area (Å²) in [7, 11) is -2.86. The topological polar surface area (TPSA) is 85.2 Å². The molecule has 0 aliphatic carbocycles. The minimum absolute atomic E-state index is 0.171. The highest BCUT2D eigenvalue weighted by Crippen LogP contribution is 2.36. The smallest absolute Gasteiger partial charge is 0.492 e. The van der Waals surface area contributed by atoms with Crippen LogP contribution in [0.1, 0.15) is 50.8 Å². The third-order valence-corrected chi connectivity index (χ3v) is 10.00. The van der Waals surface area contributed by atoms with E-state index in [1.54, 1.807) is 6.07 Å². The normalized spacial score (nSPS) is 17.1. The predicted octanol–water partition coefficient (Wildman–Crippen LogP) is 3.02. The second-order valence-corrected chi connectivity index (χ2v) is 13.4. The number of hydrogen-bond donors (Lipinski definition) is 2. The van der Waals surface area contributed by atoms with Crippen LogP contribution in [-0.2, 0) is 13.9 Å². The van der Waals surface area contributed by atoms with Crippen molar-refractivity contribution in [3.8, 4) is 5.75 Å². The van der Waals surface area contributed by atoms with Crippen LogP contribution in [0.5, 0.6) is 5.75 Å². The monoisotopic (exact) mass is 394 g/mol. The molecule has 150 valence electrons. The van der Waals surface area contributed by atoms with Crippen LogP contribution in [0.3, 0.4) is 0 Å². The van der Waals surface area contributed by atoms with E-state index in [1.165, 1.54) is 0 Å². The lowest BCUT2D eigenvalue weighted by Gasteiger charge is -2.36. The van der Waals surface area contributed by atoms with Gasteiger partial charge in [0.2, 0.25) is 0 Å². The highest BCUT2D eigenvalue weighted by molar-refractivity contribution is 6.74. The molecule has 1 aromatic rings. The van der Waals surface area contributed by atoms with Gasteiger partial charge in [-0.2, -0.15) is 0 Å². The molecule has 2 rings (SSSR count). The number of carbonyl (C=O) groups is 1. The number of ether oxygens (including phenoxy) is 1. The average molecular weight is 394 g/mol. The Hall–Kier alpha value is -1.35. The fourth-order valence-corrected chi connectivity index (χ4v) is 4.01. The average Bonchev–Trinajstić information content (AvgIpc) is 2.81. The number of aliphatic carboxylic acids is 1. The third-order valence-electron chi connectivity index (χ3n) is 5.46. The first-order valence-corrected chi connectivity index (χ1v) is 12.3. The van der Waals surface area contributed by atoms with E-state index in [1.807, 2.05) is 13.0 Å². The molecule has 0 radical (unpaired) electrons. The van der Waals surface area contributed by atoms with Gasteiger partial charge in [0, 0.05) is 13.0 Å². The standard InChI is InChI=1S/C19H31BO6Si/c1-13-10-14(24-8-7-9-25-27(5,6)19(2,3)4)11-15-18(13)16(12-17(21)22)26-20(15)23/h10-11,16,23H,7-9,12H2,1-6H3,(H,21,22). The summed E-state index contributed by atoms with van der Waals surface area (Å²) in [6.07, 6.45) is -0.0151. The molecular formula is C19H31BO6Si. The van der Waals surface area contributed by atoms with E-state index in [4.69, 9.17) is 18.9 Å². The second kappa shape index (κ2) is 8.34. The number of carboxylic acid groups (broad SMARTS) is 1. The summed E-state index contributed by atoms with van der Waals surface area (Å²) < 4.78 is 17.4. The van der Waals surface area contributed by atoms with Crippen LogP contribution < -0.4 is 10.2 Å². The minimum atomic E-state index is -1.74. The Labute approximate surface area is 163 Å². The Morgan fingerprint density at radius 1 is 1.30 bits per heavy atom. The summed E-state index contributed by atoms with van der Waals surface area (Å²) in [6.45, 7) is 14.2. The highest BCUT2D eigenvalue weighted by atomic mass is 28.4. The van der Waals surface area contributed by atoms with Gasteiger partial charge in [0.1, 0.15) is 5.75 Å². The van der Waals surface area contributed by atoms with E-state index in [2.05, 4.69) is 33.9 Å². The molecule has 0 amide bonds. The quantitative estimate of drug-likeness (QED) is 0.521. The maximum atomic E-state index is 11.0. The Balaban J connectivity index is 1.93. The van der Waals surface area contributed by atoms with Gasteiger partial charge in [-0.1, -0.05) is 20.8 Å². The molecule has 1 heterocycles. The lowest BCUT2D eigenvalue weighted by molar-refractivity contribution is -0.138. The first-order chi connectivity index (χ1) is 12.4. The van der Waals surface area contributed by atoms with Gasteiger partial charge in [-0.15, -0.1) is 0 Å². The van der Waals surface area contributed by atoms with E-state index in [-0.39, 0.29) is 11.5 Å². The molecule has 0 bridgehead atoms. The largest absolute Gasteiger partial charge is 0.494 e. The van der Waals surface area contributed by atoms with Crippen molar-refractivity contribution in [2.24, 2.45) is 0 Å². The molecule has 1 aliphatic heterocycles. The van der Waals surface area contributed by atoms with Crippen molar-refractivity contribution in [1.82, 2.24) is 0 Å². The van der Waals surface area contributed by atoms with E-state index >= 15 is 0 Å². The zero-order valence-electron chi connectivity index (χ0n) is 17.2. The zero-order valence-corrected chi connectivity index (χ0v) is 18.2. The van der Waals surface area contributed by atoms with Crippen molar-refractivity contribution >= 4 is 26.9 Å². The van der Waals surface area contributed by atoms with Gasteiger partial charge in [-0.3, -0.25) is 4.79 Å². The number of benzene rings is 1. The minimum Gasteiger partial charge on any atom is -0.494 e. The zero-order chi connectivity index (χ0) is 20.4. The summed E-state index contributed by atoms with van der Waals surface area (Å²) in [5.74, 6) is -0.307. The maximum Gasteiger partial charge on any atom is 0.492 e. The third kappa shape index (κ3) is 5.34. The van der Waals surface area contributed by atoms with Crippen LogP contribution >= 0.6 is 0 Å². The van der Waals surface area contributed by atoms with Gasteiger partial charge in [0.05, 0.1) is 19.1 Å². The second-order valence-electron chi connectivity index (χ2n) is 8.63. The Morgan fingerprint density at radius 2 is 1.96 bits per heavy atom. The summed E-state index contributed by atoms with van der Waals surface area (Å²) in [5, 5.41) is 19.3. The fourth-order valence-electron chi connectivity index (χ4n) is 2.92. The van der Waals surface area contributed by atoms with Crippen molar-refractivity contribution in [1.29, 1.82) is 0 Å². The molecule has 8 heteroatoms. The van der Waals surface area contributed by atoms with Gasteiger partial charge in [-0.05, 0) is 53.8 Å². The van der Waals surface area contributed by atoms with Crippen molar-refractivity contribution in [2.45, 2.75) is 64.8 Å². The predicted molar refractivity (Wildman–Crippen MR) is 108 cm³/mol. The molecule has 0 fully saturated rings. The Morgan fingerprint density at radius 3 is 2.56 bits per heavy atom. The molecule has 1 aliphatic rings. The highest BCUT2D eigenvalue weighted by Gasteiger charge is 2.38. The molecule has 2 N–H and O–H groups in total. The first-order valence-electron chi connectivity index (χ1n) is 9.39. The molecule has 1 unspecified atom stereocenters. The number of carboxylic acids is 1. The molecule has 0 aromatic heterocycles. The number of rotatable bonds is 8. The molecule has 27 heavy (non-hydrogen) atoms. The molecule has 0 saturated heterocycles. The molecule has 0 spiro atoms. The van der Waals surface area contributed by atoms with Crippen LogP contribution in [0.15, 0.2) is 12.1 Å². The summed E-state index contributed by atoms with van der Waals surface area (Å²) in [6, 6.07) is 3.60. The van der Waals surface area contributed by atoms with Crippen LogP contribution in [-0.4, -0.2) is 44.7 Å². The van der Waals surface area contributed by atoms with Crippen molar-refractivity contribution < 1.29 is 28.7 Å². The van der Waals surface area contributed by atoms with E-state index in [9.17, 15) is 9.82 Å². The van der Waals surface area contributed by atoms with Crippen molar-refractivity contribution in [2.75, 3.05) is 13.2 Å². The van der Waals surface area contributed by atoms with E-state index < -0.39 is 27.5 Å². The van der Waals surface area contributed by atoms with Crippen LogP contribution in [0, 0.1) is 6.92 Å². The van der Waals surface area contributed by atoms with Crippen LogP contribution in [0.2, 0.25) is 18.1 Å². The van der Waals surface area contributed by atoms with Gasteiger partial charge in [0.25, 0.3) is 0 Å². The van der Waals surface area contributed by atoms with Gasteiger partial charge >= 0.3 is 13.1 Å². The Kier molecular flexibility index (Phi) is 6.78. The summed E-state index contributed by atoms with van der Waals surface area (Å²) in [4.78, 5) is 11.0. The number of fused-ring (bicyclic) bond motifs is 1. The molecular weight excluding hydrogens is 363 g/mol. The van der Waals surface area contributed by atoms with Gasteiger partial charge in [0.15, 0.2) is 8.32 Å². The SMILES string of the molecule is Cc1cc(OCCCO[Si](C)(C)C(C)(C)C)cc2c1C(CC(=O)O)OB2O. The lowest BCUT2D eigenvalue weighted by atomic mass is 9.77. The number of aryl methyl sites for hydroxylation is 1.